The normalized spacial score (nSPS) is 12.6. The number of hydrogen-bond acceptors (Lipinski definition) is 6. The van der Waals surface area contributed by atoms with Gasteiger partial charge in [0.2, 0.25) is 11.9 Å². The predicted molar refractivity (Wildman–Crippen MR) is 103 cm³/mol. The summed E-state index contributed by atoms with van der Waals surface area (Å²) in [6, 6.07) is 0. The standard InChI is InChI=1S/C19H32N4O4/c1-7-8-9-23(18(26)27-19(4,5)6)12-15(24)14-10-20-17(21-11-14)22-16(25)13(2)3/h10-11,13,15,24H,7-9,12H2,1-6H3,(H,20,21,22,25)/t15-/m0/s1. The molecule has 1 heterocycles. The molecule has 1 rings (SSSR count). The smallest absolute Gasteiger partial charge is 0.410 e. The second-order valence-corrected chi connectivity index (χ2v) is 7.78. The number of carbonyl (C=O) groups excluding carboxylic acids is 2. The van der Waals surface area contributed by atoms with Gasteiger partial charge in [-0.3, -0.25) is 10.1 Å². The monoisotopic (exact) mass is 380 g/mol. The third-order valence-corrected chi connectivity index (χ3v) is 3.64. The van der Waals surface area contributed by atoms with E-state index in [0.717, 1.165) is 12.8 Å². The summed E-state index contributed by atoms with van der Waals surface area (Å²) in [5, 5.41) is 13.1. The largest absolute Gasteiger partial charge is 0.444 e. The van der Waals surface area contributed by atoms with E-state index >= 15 is 0 Å². The molecule has 1 aromatic rings. The van der Waals surface area contributed by atoms with E-state index in [0.29, 0.717) is 12.1 Å². The highest BCUT2D eigenvalue weighted by atomic mass is 16.6. The van der Waals surface area contributed by atoms with Crippen LogP contribution in [0, 0.1) is 5.92 Å². The van der Waals surface area contributed by atoms with Crippen LogP contribution in [0.25, 0.3) is 0 Å². The van der Waals surface area contributed by atoms with Crippen molar-refractivity contribution in [1.29, 1.82) is 0 Å². The number of rotatable bonds is 8. The molecule has 0 aliphatic carbocycles. The lowest BCUT2D eigenvalue weighted by Crippen LogP contribution is -2.39. The van der Waals surface area contributed by atoms with Crippen molar-refractivity contribution in [2.24, 2.45) is 5.92 Å². The minimum Gasteiger partial charge on any atom is -0.444 e. The lowest BCUT2D eigenvalue weighted by Gasteiger charge is -2.28. The molecule has 1 aromatic heterocycles. The fraction of sp³-hybridized carbons (Fsp3) is 0.684. The van der Waals surface area contributed by atoms with Gasteiger partial charge in [-0.1, -0.05) is 27.2 Å². The Kier molecular flexibility index (Phi) is 8.62. The highest BCUT2D eigenvalue weighted by Crippen LogP contribution is 2.17. The van der Waals surface area contributed by atoms with Gasteiger partial charge in [-0.2, -0.15) is 0 Å². The van der Waals surface area contributed by atoms with Crippen LogP contribution in [0.2, 0.25) is 0 Å². The first-order valence-corrected chi connectivity index (χ1v) is 9.32. The Bertz CT molecular complexity index is 611. The summed E-state index contributed by atoms with van der Waals surface area (Å²) < 4.78 is 5.42. The number of unbranched alkanes of at least 4 members (excludes halogenated alkanes) is 1. The first-order valence-electron chi connectivity index (χ1n) is 9.32. The van der Waals surface area contributed by atoms with Crippen LogP contribution < -0.4 is 5.32 Å². The van der Waals surface area contributed by atoms with Crippen molar-refractivity contribution in [3.8, 4) is 0 Å². The van der Waals surface area contributed by atoms with Crippen LogP contribution in [0.5, 0.6) is 0 Å². The van der Waals surface area contributed by atoms with Gasteiger partial charge in [0.05, 0.1) is 12.6 Å². The molecule has 27 heavy (non-hydrogen) atoms. The summed E-state index contributed by atoms with van der Waals surface area (Å²) in [7, 11) is 0. The Morgan fingerprint density at radius 3 is 2.33 bits per heavy atom. The second kappa shape index (κ2) is 10.2. The van der Waals surface area contributed by atoms with Crippen LogP contribution in [0.15, 0.2) is 12.4 Å². The number of anilines is 1. The summed E-state index contributed by atoms with van der Waals surface area (Å²) >= 11 is 0. The Balaban J connectivity index is 2.77. The van der Waals surface area contributed by atoms with Crippen molar-refractivity contribution in [3.63, 3.8) is 0 Å². The lowest BCUT2D eigenvalue weighted by molar-refractivity contribution is -0.118. The molecule has 152 valence electrons. The topological polar surface area (TPSA) is 105 Å². The summed E-state index contributed by atoms with van der Waals surface area (Å²) in [5.74, 6) is -0.182. The molecule has 0 aliphatic heterocycles. The van der Waals surface area contributed by atoms with Gasteiger partial charge in [0, 0.05) is 30.4 Å². The molecule has 1 atom stereocenters. The van der Waals surface area contributed by atoms with Crippen molar-refractivity contribution in [1.82, 2.24) is 14.9 Å². The van der Waals surface area contributed by atoms with Gasteiger partial charge in [0.15, 0.2) is 0 Å². The van der Waals surface area contributed by atoms with Crippen molar-refractivity contribution >= 4 is 17.9 Å². The van der Waals surface area contributed by atoms with E-state index in [-0.39, 0.29) is 24.3 Å². The number of hydrogen-bond donors (Lipinski definition) is 2. The van der Waals surface area contributed by atoms with Crippen LogP contribution in [-0.4, -0.2) is 50.7 Å². The molecule has 0 aliphatic rings. The van der Waals surface area contributed by atoms with Crippen molar-refractivity contribution in [3.05, 3.63) is 18.0 Å². The van der Waals surface area contributed by atoms with Crippen LogP contribution in [0.3, 0.4) is 0 Å². The van der Waals surface area contributed by atoms with E-state index in [4.69, 9.17) is 4.74 Å². The number of aliphatic hydroxyl groups is 1. The third-order valence-electron chi connectivity index (χ3n) is 3.64. The molecule has 2 N–H and O–H groups in total. The number of aromatic nitrogens is 2. The van der Waals surface area contributed by atoms with Gasteiger partial charge in [0.1, 0.15) is 5.60 Å². The van der Waals surface area contributed by atoms with Gasteiger partial charge in [0.25, 0.3) is 0 Å². The average Bonchev–Trinajstić information content (AvgIpc) is 2.57. The molecular formula is C19H32N4O4. The number of aliphatic hydroxyl groups excluding tert-OH is 1. The molecule has 0 fully saturated rings. The minimum atomic E-state index is -0.954. The van der Waals surface area contributed by atoms with Crippen molar-refractivity contribution in [2.75, 3.05) is 18.4 Å². The summed E-state index contributed by atoms with van der Waals surface area (Å²) in [4.78, 5) is 33.7. The molecule has 8 nitrogen and oxygen atoms in total. The van der Waals surface area contributed by atoms with Gasteiger partial charge >= 0.3 is 6.09 Å². The Hall–Kier alpha value is -2.22. The maximum absolute atomic E-state index is 12.4. The molecule has 0 bridgehead atoms. The summed E-state index contributed by atoms with van der Waals surface area (Å²) in [5.41, 5.74) is -0.145. The second-order valence-electron chi connectivity index (χ2n) is 7.78. The third kappa shape index (κ3) is 8.34. The van der Waals surface area contributed by atoms with Gasteiger partial charge in [-0.15, -0.1) is 0 Å². The molecule has 0 unspecified atom stereocenters. The molecular weight excluding hydrogens is 348 g/mol. The molecule has 0 radical (unpaired) electrons. The molecule has 0 saturated carbocycles. The van der Waals surface area contributed by atoms with Gasteiger partial charge in [-0.25, -0.2) is 14.8 Å². The van der Waals surface area contributed by atoms with E-state index in [9.17, 15) is 14.7 Å². The molecule has 0 aromatic carbocycles. The van der Waals surface area contributed by atoms with E-state index in [1.54, 1.807) is 34.6 Å². The fourth-order valence-corrected chi connectivity index (χ4v) is 2.08. The van der Waals surface area contributed by atoms with E-state index in [1.165, 1.54) is 17.3 Å². The van der Waals surface area contributed by atoms with Gasteiger partial charge < -0.3 is 14.7 Å². The molecule has 2 amide bonds. The zero-order chi connectivity index (χ0) is 20.6. The predicted octanol–water partition coefficient (Wildman–Crippen LogP) is 3.14. The van der Waals surface area contributed by atoms with Gasteiger partial charge in [-0.05, 0) is 27.2 Å². The highest BCUT2D eigenvalue weighted by molar-refractivity contribution is 5.90. The van der Waals surface area contributed by atoms with E-state index in [2.05, 4.69) is 15.3 Å². The minimum absolute atomic E-state index is 0.0793. The van der Waals surface area contributed by atoms with Crippen LogP contribution >= 0.6 is 0 Å². The Morgan fingerprint density at radius 2 is 1.85 bits per heavy atom. The summed E-state index contributed by atoms with van der Waals surface area (Å²) in [6.07, 6.45) is 3.20. The zero-order valence-corrected chi connectivity index (χ0v) is 17.2. The highest BCUT2D eigenvalue weighted by Gasteiger charge is 2.24. The first kappa shape index (κ1) is 22.8. The van der Waals surface area contributed by atoms with Crippen LogP contribution in [0.4, 0.5) is 10.7 Å². The van der Waals surface area contributed by atoms with Crippen molar-refractivity contribution < 1.29 is 19.4 Å². The van der Waals surface area contributed by atoms with E-state index < -0.39 is 17.8 Å². The number of nitrogens with zero attached hydrogens (tertiary/aromatic N) is 3. The first-order chi connectivity index (χ1) is 12.5. The maximum atomic E-state index is 12.4. The van der Waals surface area contributed by atoms with Crippen LogP contribution in [-0.2, 0) is 9.53 Å². The molecule has 8 heteroatoms. The quantitative estimate of drug-likeness (QED) is 0.718. The number of nitrogens with one attached hydrogen (secondary N) is 1. The van der Waals surface area contributed by atoms with Crippen LogP contribution in [0.1, 0.15) is 66.1 Å². The molecule has 0 saturated heterocycles. The number of amides is 2. The summed E-state index contributed by atoms with van der Waals surface area (Å²) in [6.45, 7) is 11.6. The molecule has 0 spiro atoms. The zero-order valence-electron chi connectivity index (χ0n) is 17.2. The average molecular weight is 380 g/mol. The Morgan fingerprint density at radius 1 is 1.26 bits per heavy atom. The fourth-order valence-electron chi connectivity index (χ4n) is 2.08. The van der Waals surface area contributed by atoms with Crippen molar-refractivity contribution in [2.45, 2.75) is 66.1 Å². The lowest BCUT2D eigenvalue weighted by atomic mass is 10.2. The SMILES string of the molecule is CCCCN(C[C@H](O)c1cnc(NC(=O)C(C)C)nc1)C(=O)OC(C)(C)C. The van der Waals surface area contributed by atoms with E-state index in [1.807, 2.05) is 6.92 Å². The Labute approximate surface area is 161 Å². The number of ether oxygens (including phenoxy) is 1. The maximum Gasteiger partial charge on any atom is 0.410 e. The number of carbonyl (C=O) groups is 2.